The summed E-state index contributed by atoms with van der Waals surface area (Å²) >= 11 is 0. The number of aromatic nitrogens is 4. The van der Waals surface area contributed by atoms with Gasteiger partial charge in [-0.25, -0.2) is 9.97 Å². The Bertz CT molecular complexity index is 2370. The molecule has 2 aliphatic rings. The van der Waals surface area contributed by atoms with Crippen LogP contribution in [0.3, 0.4) is 0 Å². The molecule has 2 aromatic carbocycles. The van der Waals surface area contributed by atoms with Gasteiger partial charge in [-0.15, -0.1) is 0 Å². The Balaban J connectivity index is 1.61. The lowest BCUT2D eigenvalue weighted by Crippen LogP contribution is -2.16. The van der Waals surface area contributed by atoms with Crippen molar-refractivity contribution in [1.82, 2.24) is 19.9 Å². The Morgan fingerprint density at radius 3 is 1.11 bits per heavy atom. The number of nitro groups is 1. The molecule has 282 valence electrons. The molecule has 0 fully saturated rings. The maximum atomic E-state index is 13.0. The van der Waals surface area contributed by atoms with Gasteiger partial charge in [0.2, 0.25) is 0 Å². The van der Waals surface area contributed by atoms with Gasteiger partial charge in [0.05, 0.1) is 16.3 Å². The highest BCUT2D eigenvalue weighted by molar-refractivity contribution is 5.95. The summed E-state index contributed by atoms with van der Waals surface area (Å²) in [6.07, 6.45) is 7.28. The molecule has 7 heteroatoms. The third-order valence-electron chi connectivity index (χ3n) is 10.6. The molecule has 0 atom stereocenters. The number of aromatic amines is 2. The van der Waals surface area contributed by atoms with Crippen LogP contribution in [0.4, 0.5) is 5.69 Å². The summed E-state index contributed by atoms with van der Waals surface area (Å²) in [6, 6.07) is 23.9. The first kappa shape index (κ1) is 37.7. The van der Waals surface area contributed by atoms with Crippen LogP contribution in [0.1, 0.15) is 128 Å². The molecular formula is C48H53N5O2. The molecule has 2 N–H and O–H groups in total. The van der Waals surface area contributed by atoms with Crippen molar-refractivity contribution < 1.29 is 4.92 Å². The highest BCUT2D eigenvalue weighted by Crippen LogP contribution is 2.40. The number of benzene rings is 2. The van der Waals surface area contributed by atoms with Crippen LogP contribution in [0.2, 0.25) is 0 Å². The second-order valence-electron chi connectivity index (χ2n) is 19.2. The summed E-state index contributed by atoms with van der Waals surface area (Å²) < 4.78 is 0. The van der Waals surface area contributed by atoms with Crippen LogP contribution in [-0.4, -0.2) is 24.9 Å². The molecule has 0 spiro atoms. The van der Waals surface area contributed by atoms with Crippen LogP contribution in [-0.2, 0) is 21.7 Å². The van der Waals surface area contributed by atoms with Crippen LogP contribution in [0, 0.1) is 10.1 Å². The molecule has 0 saturated carbocycles. The van der Waals surface area contributed by atoms with Crippen LogP contribution in [0.15, 0.2) is 66.7 Å². The molecule has 55 heavy (non-hydrogen) atoms. The van der Waals surface area contributed by atoms with Gasteiger partial charge < -0.3 is 9.97 Å². The zero-order valence-corrected chi connectivity index (χ0v) is 34.3. The maximum Gasteiger partial charge on any atom is 0.320 e. The Labute approximate surface area is 324 Å². The van der Waals surface area contributed by atoms with Crippen molar-refractivity contribution in [1.29, 1.82) is 0 Å². The summed E-state index contributed by atoms with van der Waals surface area (Å²) in [5.41, 5.74) is 13.5. The zero-order valence-electron chi connectivity index (χ0n) is 34.3. The Morgan fingerprint density at radius 1 is 0.473 bits per heavy atom. The van der Waals surface area contributed by atoms with E-state index in [1.165, 1.54) is 22.3 Å². The van der Waals surface area contributed by atoms with Crippen molar-refractivity contribution in [2.45, 2.75) is 105 Å². The van der Waals surface area contributed by atoms with E-state index < -0.39 is 0 Å². The van der Waals surface area contributed by atoms with Gasteiger partial charge in [-0.05, 0) is 110 Å². The Kier molecular flexibility index (Phi) is 8.95. The molecule has 8 bridgehead atoms. The predicted molar refractivity (Wildman–Crippen MR) is 231 cm³/mol. The lowest BCUT2D eigenvalue weighted by atomic mass is 9.78. The van der Waals surface area contributed by atoms with Crippen LogP contribution in [0.25, 0.3) is 68.6 Å². The number of hydrogen-bond donors (Lipinski definition) is 2. The van der Waals surface area contributed by atoms with E-state index in [-0.39, 0.29) is 43.7 Å². The number of nitrogens with one attached hydrogen (secondary N) is 2. The van der Waals surface area contributed by atoms with Gasteiger partial charge in [-0.3, -0.25) is 10.1 Å². The van der Waals surface area contributed by atoms with Gasteiger partial charge >= 0.3 is 5.69 Å². The number of hydrogen-bond acceptors (Lipinski definition) is 4. The highest BCUT2D eigenvalue weighted by atomic mass is 16.6. The highest BCUT2D eigenvalue weighted by Gasteiger charge is 2.27. The minimum absolute atomic E-state index is 0.106. The number of fused-ring (bicyclic) bond motifs is 8. The number of nitrogens with zero attached hydrogens (tertiary/aromatic N) is 3. The summed E-state index contributed by atoms with van der Waals surface area (Å²) in [5, 5.41) is 13.0. The normalized spacial score (nSPS) is 13.5. The molecule has 0 aliphatic carbocycles. The molecule has 7 nitrogen and oxygen atoms in total. The van der Waals surface area contributed by atoms with E-state index in [2.05, 4.69) is 160 Å². The van der Waals surface area contributed by atoms with Gasteiger partial charge in [0.1, 0.15) is 11.4 Å². The quantitative estimate of drug-likeness (QED) is 0.140. The van der Waals surface area contributed by atoms with Gasteiger partial charge in [-0.2, -0.15) is 0 Å². The molecule has 2 aliphatic heterocycles. The van der Waals surface area contributed by atoms with Crippen molar-refractivity contribution >= 4 is 52.1 Å². The smallest absolute Gasteiger partial charge is 0.320 e. The molecule has 5 heterocycles. The van der Waals surface area contributed by atoms with E-state index in [1.807, 2.05) is 12.2 Å². The van der Waals surface area contributed by atoms with E-state index in [0.29, 0.717) is 11.4 Å². The van der Waals surface area contributed by atoms with E-state index in [4.69, 9.17) is 9.97 Å². The fourth-order valence-electron chi connectivity index (χ4n) is 7.19. The van der Waals surface area contributed by atoms with Gasteiger partial charge in [0.25, 0.3) is 0 Å². The zero-order chi connectivity index (χ0) is 39.8. The summed E-state index contributed by atoms with van der Waals surface area (Å²) in [4.78, 5) is 30.0. The molecule has 7 rings (SSSR count). The second-order valence-corrected chi connectivity index (χ2v) is 19.2. The molecule has 0 unspecified atom stereocenters. The lowest BCUT2D eigenvalue weighted by molar-refractivity contribution is -0.385. The van der Waals surface area contributed by atoms with Crippen LogP contribution >= 0.6 is 0 Å². The standard InChI is InChI=1S/C48H53N5O2/c1-45(2,3)30-21-28(22-31(25-30)46(4,5)6)42-36-15-13-34(49-36)27-35-14-16-37(50-35)43(29-23-32(47(7,8)9)26-33(24-29)48(10,11)12)39-18-20-41(52-39)44(53(54)55)40-19-17-38(42)51-40/h13-27,49-50H,1-12H3. The predicted octanol–water partition coefficient (Wildman–Crippen LogP) is 13.1. The minimum atomic E-state index is -0.356. The fourth-order valence-corrected chi connectivity index (χ4v) is 7.19. The monoisotopic (exact) mass is 731 g/mol. The van der Waals surface area contributed by atoms with Crippen LogP contribution < -0.4 is 0 Å². The fraction of sp³-hybridized carbons (Fsp3) is 0.333. The summed E-state index contributed by atoms with van der Waals surface area (Å²) in [5.74, 6) is 0. The van der Waals surface area contributed by atoms with Gasteiger partial charge in [0, 0.05) is 33.2 Å². The maximum absolute atomic E-state index is 13.0. The largest absolute Gasteiger partial charge is 0.355 e. The van der Waals surface area contributed by atoms with Crippen molar-refractivity contribution in [3.05, 3.63) is 122 Å². The van der Waals surface area contributed by atoms with Crippen molar-refractivity contribution in [2.24, 2.45) is 0 Å². The second kappa shape index (κ2) is 13.0. The van der Waals surface area contributed by atoms with E-state index in [0.717, 1.165) is 44.3 Å². The molecule has 3 aromatic heterocycles. The summed E-state index contributed by atoms with van der Waals surface area (Å²) in [7, 11) is 0. The van der Waals surface area contributed by atoms with E-state index in [9.17, 15) is 10.1 Å². The molecule has 0 radical (unpaired) electrons. The van der Waals surface area contributed by atoms with E-state index in [1.54, 1.807) is 12.2 Å². The molecular weight excluding hydrogens is 679 g/mol. The number of rotatable bonds is 3. The number of H-pyrrole nitrogens is 2. The SMILES string of the molecule is CC(C)(C)c1cc(-c2c3nc(c([N+](=O)[O-])c4nc(c(-c5cc(C(C)(C)C)cc(C(C)(C)C)c5)c5ccc(cc6ccc2[nH]6)[nH]5)C=C4)C=C3)cc(C(C)(C)C)c1. The Hall–Kier alpha value is -5.56. The van der Waals surface area contributed by atoms with Crippen molar-refractivity contribution in [3.63, 3.8) is 0 Å². The van der Waals surface area contributed by atoms with E-state index >= 15 is 0 Å². The van der Waals surface area contributed by atoms with Crippen molar-refractivity contribution in [2.75, 3.05) is 0 Å². The first-order chi connectivity index (χ1) is 25.6. The third kappa shape index (κ3) is 7.45. The average molecular weight is 732 g/mol. The average Bonchev–Trinajstić information content (AvgIpc) is 3.90. The first-order valence-corrected chi connectivity index (χ1v) is 19.2. The van der Waals surface area contributed by atoms with Crippen molar-refractivity contribution in [3.8, 4) is 22.3 Å². The third-order valence-corrected chi connectivity index (χ3v) is 10.6. The van der Waals surface area contributed by atoms with Crippen LogP contribution in [0.5, 0.6) is 0 Å². The van der Waals surface area contributed by atoms with Gasteiger partial charge in [0.15, 0.2) is 0 Å². The summed E-state index contributed by atoms with van der Waals surface area (Å²) in [6.45, 7) is 26.7. The lowest BCUT2D eigenvalue weighted by Gasteiger charge is -2.26. The molecule has 5 aromatic rings. The van der Waals surface area contributed by atoms with Gasteiger partial charge in [-0.1, -0.05) is 119 Å². The topological polar surface area (TPSA) is 100 Å². The first-order valence-electron chi connectivity index (χ1n) is 19.2. The molecule has 0 amide bonds. The Morgan fingerprint density at radius 2 is 0.800 bits per heavy atom. The minimum Gasteiger partial charge on any atom is -0.355 e. The molecule has 0 saturated heterocycles.